The molecule has 4 rings (SSSR count). The van der Waals surface area contributed by atoms with Gasteiger partial charge < -0.3 is 10.0 Å². The van der Waals surface area contributed by atoms with Gasteiger partial charge in [0, 0.05) is 45.1 Å². The summed E-state index contributed by atoms with van der Waals surface area (Å²) in [6.45, 7) is 3.55. The van der Waals surface area contributed by atoms with Gasteiger partial charge in [-0.05, 0) is 35.9 Å². The van der Waals surface area contributed by atoms with E-state index in [9.17, 15) is 22.4 Å². The zero-order chi connectivity index (χ0) is 24.7. The Morgan fingerprint density at radius 1 is 0.971 bits per heavy atom. The van der Waals surface area contributed by atoms with Crippen molar-refractivity contribution < 1.29 is 32.3 Å². The van der Waals surface area contributed by atoms with Crippen LogP contribution in [0.25, 0.3) is 5.69 Å². The van der Waals surface area contributed by atoms with Gasteiger partial charge in [0.05, 0.1) is 11.3 Å². The van der Waals surface area contributed by atoms with Gasteiger partial charge in [-0.2, -0.15) is 18.3 Å². The van der Waals surface area contributed by atoms with Crippen LogP contribution in [-0.4, -0.2) is 68.9 Å². The summed E-state index contributed by atoms with van der Waals surface area (Å²) in [5.41, 5.74) is 2.40. The fraction of sp³-hybridized carbons (Fsp3) is 0.261. The third-order valence-electron chi connectivity index (χ3n) is 5.08. The standard InChI is InChI=1S/C21H21FN4O.C2HF3O2/c22-18-6-3-5-17(15-18)16-24-11-13-25(14-12-24)21(27)19-7-1-2-8-20(19)26-10-4-9-23-26;3-2(4,5)1(6)7/h1-10,15H,11-14,16H2;(H,6,7). The van der Waals surface area contributed by atoms with Gasteiger partial charge in [0.2, 0.25) is 0 Å². The number of nitrogens with zero attached hydrogens (tertiary/aromatic N) is 4. The Hall–Kier alpha value is -3.73. The van der Waals surface area contributed by atoms with E-state index in [1.807, 2.05) is 47.5 Å². The van der Waals surface area contributed by atoms with Crippen LogP contribution in [0.3, 0.4) is 0 Å². The van der Waals surface area contributed by atoms with Crippen LogP contribution in [-0.2, 0) is 11.3 Å². The lowest BCUT2D eigenvalue weighted by atomic mass is 10.1. The summed E-state index contributed by atoms with van der Waals surface area (Å²) < 4.78 is 46.8. The summed E-state index contributed by atoms with van der Waals surface area (Å²) in [6, 6.07) is 16.1. The molecule has 2 aromatic carbocycles. The molecule has 1 saturated heterocycles. The van der Waals surface area contributed by atoms with Crippen molar-refractivity contribution in [1.29, 1.82) is 0 Å². The molecule has 0 radical (unpaired) electrons. The molecule has 1 fully saturated rings. The number of hydrogen-bond donors (Lipinski definition) is 1. The number of rotatable bonds is 4. The predicted octanol–water partition coefficient (Wildman–Crippen LogP) is 3.60. The number of benzene rings is 2. The van der Waals surface area contributed by atoms with Crippen molar-refractivity contribution in [3.63, 3.8) is 0 Å². The zero-order valence-corrected chi connectivity index (χ0v) is 18.0. The molecule has 1 amide bonds. The molecule has 0 spiro atoms. The Morgan fingerprint density at radius 2 is 1.65 bits per heavy atom. The van der Waals surface area contributed by atoms with Crippen LogP contribution >= 0.6 is 0 Å². The number of carbonyl (C=O) groups is 2. The number of carboxylic acids is 1. The van der Waals surface area contributed by atoms with Crippen molar-refractivity contribution >= 4 is 11.9 Å². The highest BCUT2D eigenvalue weighted by molar-refractivity contribution is 5.97. The number of carboxylic acid groups (broad SMARTS) is 1. The lowest BCUT2D eigenvalue weighted by Crippen LogP contribution is -2.48. The monoisotopic (exact) mass is 478 g/mol. The maximum absolute atomic E-state index is 13.4. The van der Waals surface area contributed by atoms with Gasteiger partial charge in [0.15, 0.2) is 0 Å². The van der Waals surface area contributed by atoms with E-state index >= 15 is 0 Å². The lowest BCUT2D eigenvalue weighted by molar-refractivity contribution is -0.192. The van der Waals surface area contributed by atoms with Crippen LogP contribution in [0.15, 0.2) is 67.0 Å². The molecule has 0 saturated carbocycles. The zero-order valence-electron chi connectivity index (χ0n) is 18.0. The molecular formula is C23H22F4N4O3. The van der Waals surface area contributed by atoms with Crippen molar-refractivity contribution in [2.75, 3.05) is 26.2 Å². The molecule has 11 heteroatoms. The van der Waals surface area contributed by atoms with E-state index < -0.39 is 12.1 Å². The van der Waals surface area contributed by atoms with E-state index in [4.69, 9.17) is 9.90 Å². The Balaban J connectivity index is 0.000000406. The van der Waals surface area contributed by atoms with Crippen LogP contribution in [0.1, 0.15) is 15.9 Å². The van der Waals surface area contributed by atoms with Crippen LogP contribution in [0, 0.1) is 5.82 Å². The van der Waals surface area contributed by atoms with Crippen molar-refractivity contribution in [3.05, 3.63) is 83.9 Å². The summed E-state index contributed by atoms with van der Waals surface area (Å²) in [7, 11) is 0. The molecule has 0 aliphatic carbocycles. The topological polar surface area (TPSA) is 78.7 Å². The second kappa shape index (κ2) is 10.9. The Labute approximate surface area is 192 Å². The van der Waals surface area contributed by atoms with Crippen LogP contribution in [0.4, 0.5) is 17.6 Å². The molecule has 0 unspecified atom stereocenters. The SMILES string of the molecule is O=C(O)C(F)(F)F.O=C(c1ccccc1-n1cccn1)N1CCN(Cc2cccc(F)c2)CC1. The minimum Gasteiger partial charge on any atom is -0.475 e. The maximum Gasteiger partial charge on any atom is 0.490 e. The minimum absolute atomic E-state index is 0.0199. The number of halogens is 4. The summed E-state index contributed by atoms with van der Waals surface area (Å²) in [5, 5.41) is 11.4. The molecule has 1 aliphatic rings. The van der Waals surface area contributed by atoms with E-state index in [1.165, 1.54) is 6.07 Å². The van der Waals surface area contributed by atoms with Gasteiger partial charge in [0.1, 0.15) is 5.82 Å². The molecule has 1 aromatic heterocycles. The first-order valence-corrected chi connectivity index (χ1v) is 10.3. The van der Waals surface area contributed by atoms with E-state index in [1.54, 1.807) is 23.0 Å². The second-order valence-electron chi connectivity index (χ2n) is 7.47. The fourth-order valence-electron chi connectivity index (χ4n) is 3.44. The number of amides is 1. The van der Waals surface area contributed by atoms with Crippen molar-refractivity contribution in [3.8, 4) is 5.69 Å². The summed E-state index contributed by atoms with van der Waals surface area (Å²) in [4.78, 5) is 26.1. The van der Waals surface area contributed by atoms with E-state index in [-0.39, 0.29) is 11.7 Å². The molecule has 180 valence electrons. The number of aromatic nitrogens is 2. The summed E-state index contributed by atoms with van der Waals surface area (Å²) >= 11 is 0. The highest BCUT2D eigenvalue weighted by Crippen LogP contribution is 2.18. The average molecular weight is 478 g/mol. The quantitative estimate of drug-likeness (QED) is 0.580. The van der Waals surface area contributed by atoms with E-state index in [0.29, 0.717) is 25.2 Å². The van der Waals surface area contributed by atoms with Gasteiger partial charge in [-0.3, -0.25) is 9.69 Å². The lowest BCUT2D eigenvalue weighted by Gasteiger charge is -2.35. The molecule has 1 N–H and O–H groups in total. The summed E-state index contributed by atoms with van der Waals surface area (Å²) in [6.07, 6.45) is -1.55. The molecule has 0 atom stereocenters. The first-order valence-electron chi connectivity index (χ1n) is 10.3. The average Bonchev–Trinajstić information content (AvgIpc) is 3.34. The van der Waals surface area contributed by atoms with Crippen LogP contribution < -0.4 is 0 Å². The highest BCUT2D eigenvalue weighted by atomic mass is 19.4. The van der Waals surface area contributed by atoms with Crippen LogP contribution in [0.2, 0.25) is 0 Å². The van der Waals surface area contributed by atoms with E-state index in [2.05, 4.69) is 10.00 Å². The first kappa shape index (κ1) is 24.9. The Kier molecular flexibility index (Phi) is 8.00. The normalized spacial score (nSPS) is 14.3. The third kappa shape index (κ3) is 6.64. The minimum atomic E-state index is -5.08. The molecule has 7 nitrogen and oxygen atoms in total. The number of aliphatic carboxylic acids is 1. The van der Waals surface area contributed by atoms with Gasteiger partial charge in [-0.1, -0.05) is 24.3 Å². The van der Waals surface area contributed by atoms with Gasteiger partial charge in [-0.15, -0.1) is 0 Å². The summed E-state index contributed by atoms with van der Waals surface area (Å²) in [5.74, 6) is -2.95. The molecule has 3 aromatic rings. The smallest absolute Gasteiger partial charge is 0.475 e. The number of hydrogen-bond acceptors (Lipinski definition) is 4. The fourth-order valence-corrected chi connectivity index (χ4v) is 3.44. The Bertz CT molecular complexity index is 1110. The van der Waals surface area contributed by atoms with Gasteiger partial charge in [0.25, 0.3) is 5.91 Å². The second-order valence-corrected chi connectivity index (χ2v) is 7.47. The number of piperazine rings is 1. The molecule has 2 heterocycles. The third-order valence-corrected chi connectivity index (χ3v) is 5.08. The maximum atomic E-state index is 13.4. The van der Waals surface area contributed by atoms with Crippen molar-refractivity contribution in [2.24, 2.45) is 0 Å². The van der Waals surface area contributed by atoms with Gasteiger partial charge in [-0.25, -0.2) is 13.9 Å². The number of para-hydroxylation sites is 1. The molecule has 0 bridgehead atoms. The van der Waals surface area contributed by atoms with Gasteiger partial charge >= 0.3 is 12.1 Å². The largest absolute Gasteiger partial charge is 0.490 e. The van der Waals surface area contributed by atoms with Crippen LogP contribution in [0.5, 0.6) is 0 Å². The molecule has 1 aliphatic heterocycles. The molecule has 34 heavy (non-hydrogen) atoms. The number of alkyl halides is 3. The Morgan fingerprint density at radius 3 is 2.24 bits per heavy atom. The van der Waals surface area contributed by atoms with Crippen molar-refractivity contribution in [1.82, 2.24) is 19.6 Å². The highest BCUT2D eigenvalue weighted by Gasteiger charge is 2.38. The van der Waals surface area contributed by atoms with E-state index in [0.717, 1.165) is 24.3 Å². The predicted molar refractivity (Wildman–Crippen MR) is 115 cm³/mol. The number of carbonyl (C=O) groups excluding carboxylic acids is 1. The first-order chi connectivity index (χ1) is 16.1. The molecular weight excluding hydrogens is 456 g/mol. The van der Waals surface area contributed by atoms with Crippen molar-refractivity contribution in [2.45, 2.75) is 12.7 Å².